The molecule has 4 rings (SSSR count). The average molecular weight is 371 g/mol. The van der Waals surface area contributed by atoms with Gasteiger partial charge in [0, 0.05) is 56.9 Å². The second kappa shape index (κ2) is 8.61. The Morgan fingerprint density at radius 2 is 1.70 bits per heavy atom. The van der Waals surface area contributed by atoms with Gasteiger partial charge < -0.3 is 16.0 Å². The monoisotopic (exact) mass is 370 g/mol. The van der Waals surface area contributed by atoms with E-state index in [-0.39, 0.29) is 5.91 Å². The van der Waals surface area contributed by atoms with Gasteiger partial charge in [-0.3, -0.25) is 9.69 Å². The van der Waals surface area contributed by atoms with Crippen LogP contribution < -0.4 is 16.0 Å². The van der Waals surface area contributed by atoms with Crippen molar-refractivity contribution in [2.75, 3.05) is 37.6 Å². The number of para-hydroxylation sites is 1. The molecule has 5 nitrogen and oxygen atoms in total. The summed E-state index contributed by atoms with van der Waals surface area (Å²) >= 11 is 0. The molecule has 0 spiro atoms. The number of carbonyl (C=O) groups excluding carboxylic acids is 1. The summed E-state index contributed by atoms with van der Waals surface area (Å²) in [6, 6.07) is 11.3. The van der Waals surface area contributed by atoms with E-state index in [0.717, 1.165) is 45.6 Å². The number of piperazine rings is 1. The first kappa shape index (κ1) is 18.8. The predicted octanol–water partition coefficient (Wildman–Crippen LogP) is 2.22. The number of fused-ring (bicyclic) bond motifs is 2. The molecule has 3 fully saturated rings. The fraction of sp³-hybridized carbons (Fsp3) is 0.682. The highest BCUT2D eigenvalue weighted by atomic mass is 16.1. The van der Waals surface area contributed by atoms with Crippen LogP contribution in [0.1, 0.15) is 38.5 Å². The molecule has 148 valence electrons. The number of nitrogens with one attached hydrogen (secondary N) is 1. The van der Waals surface area contributed by atoms with E-state index in [9.17, 15) is 4.79 Å². The molecule has 1 aromatic rings. The minimum Gasteiger partial charge on any atom is -0.369 e. The topological polar surface area (TPSA) is 61.6 Å². The molecule has 2 atom stereocenters. The van der Waals surface area contributed by atoms with Gasteiger partial charge in [-0.1, -0.05) is 24.6 Å². The molecule has 3 aliphatic rings. The second-order valence-corrected chi connectivity index (χ2v) is 8.69. The Hall–Kier alpha value is -1.59. The number of rotatable bonds is 5. The van der Waals surface area contributed by atoms with Gasteiger partial charge in [0.05, 0.1) is 0 Å². The molecular formula is C22H34N4O. The molecule has 1 aromatic carbocycles. The quantitative estimate of drug-likeness (QED) is 0.834. The highest BCUT2D eigenvalue weighted by Gasteiger charge is 2.39. The van der Waals surface area contributed by atoms with Gasteiger partial charge in [-0.2, -0.15) is 0 Å². The smallest absolute Gasteiger partial charge is 0.221 e. The van der Waals surface area contributed by atoms with E-state index in [1.807, 2.05) is 0 Å². The van der Waals surface area contributed by atoms with E-state index >= 15 is 0 Å². The summed E-state index contributed by atoms with van der Waals surface area (Å²) in [7, 11) is 0. The third-order valence-corrected chi connectivity index (χ3v) is 6.85. The lowest BCUT2D eigenvalue weighted by atomic mass is 9.67. The highest BCUT2D eigenvalue weighted by Crippen LogP contribution is 2.39. The second-order valence-electron chi connectivity index (χ2n) is 8.69. The molecule has 1 aliphatic heterocycles. The SMILES string of the molecule is NC1CC2CCCC(C1)C2NC(=O)CCN1CCN(c2ccccc2)CC1. The fourth-order valence-corrected chi connectivity index (χ4v) is 5.41. The van der Waals surface area contributed by atoms with Gasteiger partial charge in [0.2, 0.25) is 5.91 Å². The van der Waals surface area contributed by atoms with Crippen molar-refractivity contribution >= 4 is 11.6 Å². The largest absolute Gasteiger partial charge is 0.369 e. The Morgan fingerprint density at radius 3 is 2.37 bits per heavy atom. The van der Waals surface area contributed by atoms with Crippen molar-refractivity contribution in [3.8, 4) is 0 Å². The Kier molecular flexibility index (Phi) is 5.98. The molecule has 27 heavy (non-hydrogen) atoms. The maximum Gasteiger partial charge on any atom is 0.221 e. The first-order valence-corrected chi connectivity index (χ1v) is 10.8. The van der Waals surface area contributed by atoms with E-state index in [1.165, 1.54) is 24.9 Å². The van der Waals surface area contributed by atoms with Crippen LogP contribution in [0.5, 0.6) is 0 Å². The van der Waals surface area contributed by atoms with Crippen molar-refractivity contribution in [1.29, 1.82) is 0 Å². The van der Waals surface area contributed by atoms with Gasteiger partial charge in [-0.05, 0) is 49.7 Å². The molecule has 1 amide bonds. The van der Waals surface area contributed by atoms with E-state index in [0.29, 0.717) is 30.3 Å². The summed E-state index contributed by atoms with van der Waals surface area (Å²) in [4.78, 5) is 17.4. The lowest BCUT2D eigenvalue weighted by Crippen LogP contribution is -2.54. The number of nitrogens with zero attached hydrogens (tertiary/aromatic N) is 2. The average Bonchev–Trinajstić information content (AvgIpc) is 2.68. The predicted molar refractivity (Wildman–Crippen MR) is 110 cm³/mol. The summed E-state index contributed by atoms with van der Waals surface area (Å²) in [5, 5.41) is 3.38. The Bertz CT molecular complexity index is 600. The molecule has 5 heteroatoms. The molecule has 2 aliphatic carbocycles. The standard InChI is InChI=1S/C22H34N4O/c23-19-15-17-5-4-6-18(16-19)22(17)24-21(27)9-10-25-11-13-26(14-12-25)20-7-2-1-3-8-20/h1-3,7-8,17-19,22H,4-6,9-16,23H2,(H,24,27). The number of benzene rings is 1. The number of nitrogens with two attached hydrogens (primary N) is 1. The van der Waals surface area contributed by atoms with Crippen LogP contribution in [0.2, 0.25) is 0 Å². The summed E-state index contributed by atoms with van der Waals surface area (Å²) in [6.07, 6.45) is 6.56. The van der Waals surface area contributed by atoms with Crippen LogP contribution in [-0.2, 0) is 4.79 Å². The first-order valence-electron chi connectivity index (χ1n) is 10.8. The molecule has 0 radical (unpaired) electrons. The third kappa shape index (κ3) is 4.64. The summed E-state index contributed by atoms with van der Waals surface area (Å²) in [6.45, 7) is 5.01. The van der Waals surface area contributed by atoms with Crippen molar-refractivity contribution < 1.29 is 4.79 Å². The molecule has 2 unspecified atom stereocenters. The van der Waals surface area contributed by atoms with Gasteiger partial charge in [-0.15, -0.1) is 0 Å². The van der Waals surface area contributed by atoms with Crippen molar-refractivity contribution in [3.63, 3.8) is 0 Å². The van der Waals surface area contributed by atoms with E-state index in [1.54, 1.807) is 0 Å². The number of carbonyl (C=O) groups is 1. The van der Waals surface area contributed by atoms with Crippen LogP contribution in [-0.4, -0.2) is 55.6 Å². The molecule has 2 saturated carbocycles. The molecule has 2 bridgehead atoms. The maximum atomic E-state index is 12.6. The van der Waals surface area contributed by atoms with Crippen molar-refractivity contribution in [2.24, 2.45) is 17.6 Å². The van der Waals surface area contributed by atoms with Gasteiger partial charge in [0.15, 0.2) is 0 Å². The Balaban J connectivity index is 1.20. The third-order valence-electron chi connectivity index (χ3n) is 6.85. The Morgan fingerprint density at radius 1 is 1.04 bits per heavy atom. The van der Waals surface area contributed by atoms with Crippen LogP contribution in [0.3, 0.4) is 0 Å². The summed E-state index contributed by atoms with van der Waals surface area (Å²) in [5.74, 6) is 1.44. The fourth-order valence-electron chi connectivity index (χ4n) is 5.41. The lowest BCUT2D eigenvalue weighted by Gasteiger charge is -2.45. The highest BCUT2D eigenvalue weighted by molar-refractivity contribution is 5.76. The minimum atomic E-state index is 0.234. The lowest BCUT2D eigenvalue weighted by molar-refractivity contribution is -0.123. The first-order chi connectivity index (χ1) is 13.2. The zero-order valence-electron chi connectivity index (χ0n) is 16.4. The van der Waals surface area contributed by atoms with Crippen molar-refractivity contribution in [3.05, 3.63) is 30.3 Å². The van der Waals surface area contributed by atoms with Crippen LogP contribution in [0.15, 0.2) is 30.3 Å². The number of hydrogen-bond acceptors (Lipinski definition) is 4. The van der Waals surface area contributed by atoms with Gasteiger partial charge in [0.1, 0.15) is 0 Å². The van der Waals surface area contributed by atoms with Crippen molar-refractivity contribution in [1.82, 2.24) is 10.2 Å². The van der Waals surface area contributed by atoms with Crippen LogP contribution in [0.4, 0.5) is 5.69 Å². The van der Waals surface area contributed by atoms with E-state index < -0.39 is 0 Å². The summed E-state index contributed by atoms with van der Waals surface area (Å²) < 4.78 is 0. The Labute approximate surface area is 163 Å². The van der Waals surface area contributed by atoms with E-state index in [2.05, 4.69) is 45.4 Å². The molecule has 1 heterocycles. The number of anilines is 1. The van der Waals surface area contributed by atoms with E-state index in [4.69, 9.17) is 5.73 Å². The van der Waals surface area contributed by atoms with Crippen LogP contribution >= 0.6 is 0 Å². The minimum absolute atomic E-state index is 0.234. The van der Waals surface area contributed by atoms with Gasteiger partial charge >= 0.3 is 0 Å². The summed E-state index contributed by atoms with van der Waals surface area (Å²) in [5.41, 5.74) is 7.51. The zero-order chi connectivity index (χ0) is 18.6. The number of hydrogen-bond donors (Lipinski definition) is 2. The molecule has 1 saturated heterocycles. The van der Waals surface area contributed by atoms with Gasteiger partial charge in [-0.25, -0.2) is 0 Å². The van der Waals surface area contributed by atoms with Gasteiger partial charge in [0.25, 0.3) is 0 Å². The molecule has 0 aromatic heterocycles. The maximum absolute atomic E-state index is 12.6. The molecule has 3 N–H and O–H groups in total. The zero-order valence-corrected chi connectivity index (χ0v) is 16.4. The number of amides is 1. The normalized spacial score (nSPS) is 31.5. The van der Waals surface area contributed by atoms with Crippen molar-refractivity contribution in [2.45, 2.75) is 50.6 Å². The molecular weight excluding hydrogens is 336 g/mol. The van der Waals surface area contributed by atoms with Crippen LogP contribution in [0, 0.1) is 11.8 Å². The van der Waals surface area contributed by atoms with Crippen LogP contribution in [0.25, 0.3) is 0 Å².